The molecule has 1 spiro atoms. The van der Waals surface area contributed by atoms with E-state index in [0.29, 0.717) is 11.3 Å². The third-order valence-electron chi connectivity index (χ3n) is 7.53. The van der Waals surface area contributed by atoms with E-state index in [2.05, 4.69) is 0 Å². The van der Waals surface area contributed by atoms with Crippen LogP contribution in [0.5, 0.6) is 0 Å². The van der Waals surface area contributed by atoms with Crippen LogP contribution in [0.25, 0.3) is 0 Å². The van der Waals surface area contributed by atoms with Gasteiger partial charge in [-0.1, -0.05) is 73.2 Å². The number of fused-ring (bicyclic) bond motifs is 3. The van der Waals surface area contributed by atoms with E-state index in [9.17, 15) is 19.2 Å². The van der Waals surface area contributed by atoms with Gasteiger partial charge in [0.15, 0.2) is 0 Å². The smallest absolute Gasteiger partial charge is 0.241 e. The summed E-state index contributed by atoms with van der Waals surface area (Å²) in [6, 6.07) is 21.1. The van der Waals surface area contributed by atoms with Crippen LogP contribution < -0.4 is 4.90 Å². The number of ether oxygens (including phenoxy) is 1. The van der Waals surface area contributed by atoms with Gasteiger partial charge in [-0.05, 0) is 36.6 Å². The van der Waals surface area contributed by atoms with Gasteiger partial charge in [0.2, 0.25) is 29.0 Å². The highest BCUT2D eigenvalue weighted by molar-refractivity contribution is 6.37. The molecule has 3 aliphatic rings. The molecule has 0 saturated carbocycles. The molecule has 0 radical (unpaired) electrons. The molecule has 2 aliphatic heterocycles. The summed E-state index contributed by atoms with van der Waals surface area (Å²) in [7, 11) is 0. The van der Waals surface area contributed by atoms with Gasteiger partial charge in [-0.2, -0.15) is 0 Å². The fourth-order valence-corrected chi connectivity index (χ4v) is 5.71. The topological polar surface area (TPSA) is 80.8 Å². The number of carbonyl (C=O) groups excluding carboxylic acids is 4. The number of imide groups is 1. The second-order valence-corrected chi connectivity index (χ2v) is 9.42. The molecule has 1 aliphatic carbocycles. The average Bonchev–Trinajstić information content (AvgIpc) is 3.45. The minimum atomic E-state index is -2.05. The summed E-state index contributed by atoms with van der Waals surface area (Å²) in [6.07, 6.45) is -0.0628. The van der Waals surface area contributed by atoms with Crippen molar-refractivity contribution in [3.8, 4) is 0 Å². The number of amides is 2. The van der Waals surface area contributed by atoms with Crippen LogP contribution in [0.3, 0.4) is 0 Å². The average molecular weight is 466 g/mol. The Balaban J connectivity index is 1.53. The second-order valence-electron chi connectivity index (χ2n) is 9.42. The van der Waals surface area contributed by atoms with Crippen molar-refractivity contribution in [3.05, 3.63) is 101 Å². The Bertz CT molecular complexity index is 1370. The lowest BCUT2D eigenvalue weighted by molar-refractivity contribution is -0.127. The van der Waals surface area contributed by atoms with Crippen molar-refractivity contribution in [2.45, 2.75) is 32.0 Å². The maximum absolute atomic E-state index is 13.9. The number of aryl methyl sites for hydroxylation is 2. The molecule has 2 amide bonds. The highest BCUT2D eigenvalue weighted by Crippen LogP contribution is 2.57. The van der Waals surface area contributed by atoms with E-state index in [4.69, 9.17) is 4.74 Å². The summed E-state index contributed by atoms with van der Waals surface area (Å²) in [5.74, 6) is -4.36. The molecule has 6 heteroatoms. The van der Waals surface area contributed by atoms with Crippen molar-refractivity contribution in [1.82, 2.24) is 0 Å². The van der Waals surface area contributed by atoms with Crippen LogP contribution in [0.2, 0.25) is 0 Å². The third-order valence-corrected chi connectivity index (χ3v) is 7.53. The maximum atomic E-state index is 13.9. The molecule has 174 valence electrons. The molecule has 3 aromatic carbocycles. The van der Waals surface area contributed by atoms with Crippen LogP contribution in [0, 0.1) is 18.8 Å². The molecular formula is C29H23NO5. The van der Waals surface area contributed by atoms with E-state index in [1.54, 1.807) is 36.4 Å². The lowest BCUT2D eigenvalue weighted by Crippen LogP contribution is -2.51. The zero-order valence-corrected chi connectivity index (χ0v) is 19.4. The van der Waals surface area contributed by atoms with Crippen molar-refractivity contribution in [3.63, 3.8) is 0 Å². The summed E-state index contributed by atoms with van der Waals surface area (Å²) >= 11 is 0. The van der Waals surface area contributed by atoms with Gasteiger partial charge < -0.3 is 4.74 Å². The number of benzene rings is 3. The molecule has 3 aromatic rings. The largest absolute Gasteiger partial charge is 0.349 e. The second kappa shape index (κ2) is 7.55. The van der Waals surface area contributed by atoms with E-state index in [0.717, 1.165) is 22.4 Å². The van der Waals surface area contributed by atoms with Crippen LogP contribution in [-0.4, -0.2) is 29.0 Å². The van der Waals surface area contributed by atoms with Crippen LogP contribution in [0.4, 0.5) is 5.69 Å². The summed E-state index contributed by atoms with van der Waals surface area (Å²) in [6.45, 7) is 3.95. The van der Waals surface area contributed by atoms with Crippen molar-refractivity contribution in [2.24, 2.45) is 11.8 Å². The van der Waals surface area contributed by atoms with Gasteiger partial charge >= 0.3 is 0 Å². The van der Waals surface area contributed by atoms with E-state index in [-0.39, 0.29) is 11.1 Å². The molecule has 3 atom stereocenters. The monoisotopic (exact) mass is 465 g/mol. The zero-order chi connectivity index (χ0) is 24.5. The van der Waals surface area contributed by atoms with E-state index >= 15 is 0 Å². The lowest BCUT2D eigenvalue weighted by Gasteiger charge is -2.27. The van der Waals surface area contributed by atoms with Crippen LogP contribution in [0.15, 0.2) is 72.8 Å². The Kier molecular flexibility index (Phi) is 4.66. The first kappa shape index (κ1) is 21.6. The Labute approximate surface area is 202 Å². The molecule has 6 rings (SSSR count). The highest BCUT2D eigenvalue weighted by atomic mass is 16.5. The van der Waals surface area contributed by atoms with Crippen molar-refractivity contribution >= 4 is 29.1 Å². The van der Waals surface area contributed by atoms with Crippen molar-refractivity contribution in [2.75, 3.05) is 4.90 Å². The molecule has 0 aromatic heterocycles. The quantitative estimate of drug-likeness (QED) is 0.427. The van der Waals surface area contributed by atoms with Crippen molar-refractivity contribution in [1.29, 1.82) is 0 Å². The van der Waals surface area contributed by atoms with E-state index in [1.807, 2.05) is 50.2 Å². The molecule has 0 N–H and O–H groups in total. The van der Waals surface area contributed by atoms with Crippen LogP contribution >= 0.6 is 0 Å². The predicted octanol–water partition coefficient (Wildman–Crippen LogP) is 4.25. The van der Waals surface area contributed by atoms with Gasteiger partial charge in [-0.25, -0.2) is 4.90 Å². The zero-order valence-electron chi connectivity index (χ0n) is 19.4. The van der Waals surface area contributed by atoms with E-state index in [1.165, 1.54) is 0 Å². The summed E-state index contributed by atoms with van der Waals surface area (Å²) in [4.78, 5) is 56.4. The first-order valence-electron chi connectivity index (χ1n) is 11.8. The Morgan fingerprint density at radius 1 is 0.800 bits per heavy atom. The fourth-order valence-electron chi connectivity index (χ4n) is 5.71. The van der Waals surface area contributed by atoms with Crippen LogP contribution in [-0.2, 0) is 20.7 Å². The Hall–Kier alpha value is -3.90. The van der Waals surface area contributed by atoms with Gasteiger partial charge in [-0.15, -0.1) is 0 Å². The van der Waals surface area contributed by atoms with E-state index < -0.39 is 46.9 Å². The van der Waals surface area contributed by atoms with Crippen LogP contribution in [0.1, 0.15) is 50.4 Å². The molecular weight excluding hydrogens is 442 g/mol. The minimum absolute atomic E-state index is 0.229. The summed E-state index contributed by atoms with van der Waals surface area (Å²) in [5, 5.41) is 0. The third kappa shape index (κ3) is 2.80. The summed E-state index contributed by atoms with van der Waals surface area (Å²) in [5.41, 5.74) is 1.59. The van der Waals surface area contributed by atoms with Gasteiger partial charge in [0.25, 0.3) is 0 Å². The first-order chi connectivity index (χ1) is 16.9. The Morgan fingerprint density at radius 3 is 1.97 bits per heavy atom. The standard InChI is InChI=1S/C29H23NO5/c1-3-17-10-12-18(13-11-17)24-22-23(28(34)30(27(22)33)19-14-8-16(2)9-15-19)29(35-24)25(31)20-6-4-5-7-21(20)26(29)32/h4-15,22-24H,3H2,1-2H3/t22-,23+,24+/m1/s1. The van der Waals surface area contributed by atoms with Gasteiger partial charge in [0, 0.05) is 11.1 Å². The molecule has 2 saturated heterocycles. The molecule has 2 fully saturated rings. The maximum Gasteiger partial charge on any atom is 0.241 e. The number of ketones is 2. The normalized spacial score (nSPS) is 24.4. The number of rotatable bonds is 3. The SMILES string of the molecule is CCc1ccc([C@@H]2OC3(C(=O)c4ccccc4C3=O)[C@@H]3C(=O)N(c4ccc(C)cc4)C(=O)[C@H]32)cc1. The predicted molar refractivity (Wildman–Crippen MR) is 128 cm³/mol. The fraction of sp³-hybridized carbons (Fsp3) is 0.241. The number of carbonyl (C=O) groups is 4. The minimum Gasteiger partial charge on any atom is -0.349 e. The van der Waals surface area contributed by atoms with Gasteiger partial charge in [0.1, 0.15) is 0 Å². The molecule has 0 unspecified atom stereocenters. The first-order valence-corrected chi connectivity index (χ1v) is 11.8. The molecule has 0 bridgehead atoms. The lowest BCUT2D eigenvalue weighted by atomic mass is 9.77. The number of Topliss-reactive ketones (excluding diaryl/α,β-unsaturated/α-hetero) is 2. The number of anilines is 1. The van der Waals surface area contributed by atoms with Crippen molar-refractivity contribution < 1.29 is 23.9 Å². The number of nitrogens with zero attached hydrogens (tertiary/aromatic N) is 1. The summed E-state index contributed by atoms with van der Waals surface area (Å²) < 4.78 is 6.32. The number of hydrogen-bond donors (Lipinski definition) is 0. The Morgan fingerprint density at radius 2 is 1.40 bits per heavy atom. The molecule has 35 heavy (non-hydrogen) atoms. The molecule has 6 nitrogen and oxygen atoms in total. The van der Waals surface area contributed by atoms with Gasteiger partial charge in [-0.3, -0.25) is 19.2 Å². The van der Waals surface area contributed by atoms with Gasteiger partial charge in [0.05, 0.1) is 23.6 Å². The number of hydrogen-bond acceptors (Lipinski definition) is 5. The highest BCUT2D eigenvalue weighted by Gasteiger charge is 2.74. The molecule has 2 heterocycles.